The third-order valence-corrected chi connectivity index (χ3v) is 19.7. The van der Waals surface area contributed by atoms with Crippen LogP contribution in [0, 0.1) is 0 Å². The number of nitrogens with one attached hydrogen (secondary N) is 1. The number of amides is 1. The van der Waals surface area contributed by atoms with Gasteiger partial charge in [0.05, 0.1) is 25.4 Å². The van der Waals surface area contributed by atoms with Crippen LogP contribution in [0.4, 0.5) is 0 Å². The standard InChI is InChI=1S/C84H163NO5/c1-3-5-7-9-11-13-15-17-19-21-40-44-48-52-56-60-64-68-72-76-82(87)81(80-86)85-83(88)77-73-69-65-61-57-53-49-45-42-38-36-34-32-30-28-26-24-23-25-27-29-31-33-35-37-39-43-47-51-55-59-63-67-71-75-79-90-84(89)78-74-70-66-62-58-54-50-46-41-22-20-18-16-14-12-10-8-6-4-2/h18,20,25,27,81-82,86-87H,3-17,19,21-24,26,28-80H2,1-2H3,(H,85,88)/b20-18-,27-25-. The van der Waals surface area contributed by atoms with E-state index in [1.54, 1.807) is 0 Å². The van der Waals surface area contributed by atoms with E-state index in [-0.39, 0.29) is 18.5 Å². The molecule has 3 N–H and O–H groups in total. The first-order chi connectivity index (χ1) is 44.5. The fourth-order valence-corrected chi connectivity index (χ4v) is 13.4. The zero-order valence-electron chi connectivity index (χ0n) is 61.4. The first-order valence-electron chi connectivity index (χ1n) is 41.6. The largest absolute Gasteiger partial charge is 0.466 e. The molecule has 0 aromatic rings. The van der Waals surface area contributed by atoms with E-state index in [2.05, 4.69) is 43.5 Å². The van der Waals surface area contributed by atoms with Crippen molar-refractivity contribution in [3.8, 4) is 0 Å². The SMILES string of the molecule is CCCCCCCC/C=C\CCCCCCCCCCCC(=O)OCCCCCCCCCCCCCCCC/C=C\CCCCCCCCCCCCCCCCCCCC(=O)NC(CO)C(O)CCCCCCCCCCCCCCCCCCCCC. The summed E-state index contributed by atoms with van der Waals surface area (Å²) in [6, 6.07) is -0.539. The summed E-state index contributed by atoms with van der Waals surface area (Å²) in [5.74, 6) is -0.00536. The average molecular weight is 1270 g/mol. The molecule has 6 heteroatoms. The van der Waals surface area contributed by atoms with Gasteiger partial charge in [-0.1, -0.05) is 411 Å². The number of unbranched alkanes of at least 4 members (excludes halogenated alkanes) is 64. The highest BCUT2D eigenvalue weighted by Crippen LogP contribution is 2.20. The second-order valence-electron chi connectivity index (χ2n) is 28.8. The zero-order chi connectivity index (χ0) is 64.9. The number of aliphatic hydroxyl groups is 2. The molecule has 0 aliphatic heterocycles. The number of carbonyl (C=O) groups is 2. The smallest absolute Gasteiger partial charge is 0.305 e. The van der Waals surface area contributed by atoms with Gasteiger partial charge in [-0.3, -0.25) is 9.59 Å². The fourth-order valence-electron chi connectivity index (χ4n) is 13.4. The summed E-state index contributed by atoms with van der Waals surface area (Å²) in [4.78, 5) is 24.7. The zero-order valence-corrected chi connectivity index (χ0v) is 61.4. The molecule has 90 heavy (non-hydrogen) atoms. The van der Waals surface area contributed by atoms with Crippen LogP contribution in [0.25, 0.3) is 0 Å². The molecule has 0 aliphatic carbocycles. The Morgan fingerprint density at radius 1 is 0.300 bits per heavy atom. The van der Waals surface area contributed by atoms with Crippen molar-refractivity contribution >= 4 is 11.9 Å². The van der Waals surface area contributed by atoms with E-state index in [4.69, 9.17) is 4.74 Å². The molecular weight excluding hydrogens is 1100 g/mol. The van der Waals surface area contributed by atoms with Crippen LogP contribution in [0.5, 0.6) is 0 Å². The lowest BCUT2D eigenvalue weighted by molar-refractivity contribution is -0.143. The minimum Gasteiger partial charge on any atom is -0.466 e. The van der Waals surface area contributed by atoms with E-state index in [1.165, 1.54) is 405 Å². The normalized spacial score (nSPS) is 12.5. The number of hydrogen-bond donors (Lipinski definition) is 3. The molecule has 0 aromatic carbocycles. The molecule has 534 valence electrons. The van der Waals surface area contributed by atoms with Crippen LogP contribution in [0.1, 0.15) is 476 Å². The van der Waals surface area contributed by atoms with Crippen molar-refractivity contribution in [3.05, 3.63) is 24.3 Å². The fraction of sp³-hybridized carbons (Fsp3) is 0.929. The second kappa shape index (κ2) is 79.8. The van der Waals surface area contributed by atoms with Crippen LogP contribution in [-0.4, -0.2) is 47.4 Å². The number of ether oxygens (including phenoxy) is 1. The van der Waals surface area contributed by atoms with Crippen molar-refractivity contribution < 1.29 is 24.5 Å². The van der Waals surface area contributed by atoms with Crippen LogP contribution < -0.4 is 5.32 Å². The van der Waals surface area contributed by atoms with E-state index in [1.807, 2.05) is 0 Å². The van der Waals surface area contributed by atoms with Gasteiger partial charge >= 0.3 is 5.97 Å². The Bertz CT molecular complexity index is 1410. The van der Waals surface area contributed by atoms with Gasteiger partial charge < -0.3 is 20.3 Å². The number of esters is 1. The van der Waals surface area contributed by atoms with E-state index < -0.39 is 12.1 Å². The van der Waals surface area contributed by atoms with E-state index in [0.29, 0.717) is 25.9 Å². The Morgan fingerprint density at radius 2 is 0.522 bits per heavy atom. The third-order valence-electron chi connectivity index (χ3n) is 19.7. The van der Waals surface area contributed by atoms with Gasteiger partial charge in [-0.2, -0.15) is 0 Å². The summed E-state index contributed by atoms with van der Waals surface area (Å²) in [5.41, 5.74) is 0. The molecule has 0 fully saturated rings. The Labute approximate surface area is 564 Å². The lowest BCUT2D eigenvalue weighted by atomic mass is 10.0. The lowest BCUT2D eigenvalue weighted by Gasteiger charge is -2.22. The van der Waals surface area contributed by atoms with Crippen LogP contribution in [-0.2, 0) is 14.3 Å². The van der Waals surface area contributed by atoms with Gasteiger partial charge in [0.1, 0.15) is 0 Å². The van der Waals surface area contributed by atoms with Gasteiger partial charge in [-0.05, 0) is 77.0 Å². The predicted octanol–water partition coefficient (Wildman–Crippen LogP) is 27.6. The molecule has 0 aromatic heterocycles. The maximum absolute atomic E-state index is 12.6. The molecule has 2 unspecified atom stereocenters. The molecule has 0 rings (SSSR count). The second-order valence-corrected chi connectivity index (χ2v) is 28.8. The highest BCUT2D eigenvalue weighted by molar-refractivity contribution is 5.76. The topological polar surface area (TPSA) is 95.9 Å². The maximum atomic E-state index is 12.6. The Balaban J connectivity index is 3.33. The first kappa shape index (κ1) is 88.3. The summed E-state index contributed by atoms with van der Waals surface area (Å²) in [6.45, 7) is 5.01. The maximum Gasteiger partial charge on any atom is 0.305 e. The van der Waals surface area contributed by atoms with Gasteiger partial charge in [-0.25, -0.2) is 0 Å². The molecular formula is C84H163NO5. The Hall–Kier alpha value is -1.66. The van der Waals surface area contributed by atoms with Crippen LogP contribution in [0.15, 0.2) is 24.3 Å². The third kappa shape index (κ3) is 75.4. The van der Waals surface area contributed by atoms with Gasteiger partial charge in [0.2, 0.25) is 5.91 Å². The van der Waals surface area contributed by atoms with Crippen LogP contribution >= 0.6 is 0 Å². The average Bonchev–Trinajstić information content (AvgIpc) is 3.74. The predicted molar refractivity (Wildman–Crippen MR) is 398 cm³/mol. The summed E-state index contributed by atoms with van der Waals surface area (Å²) in [7, 11) is 0. The molecule has 6 nitrogen and oxygen atoms in total. The molecule has 0 aliphatic rings. The van der Waals surface area contributed by atoms with Gasteiger partial charge in [-0.15, -0.1) is 0 Å². The summed E-state index contributed by atoms with van der Waals surface area (Å²) in [5, 5.41) is 23.4. The van der Waals surface area contributed by atoms with Crippen LogP contribution in [0.3, 0.4) is 0 Å². The van der Waals surface area contributed by atoms with E-state index >= 15 is 0 Å². The summed E-state index contributed by atoms with van der Waals surface area (Å²) >= 11 is 0. The number of aliphatic hydroxyl groups excluding tert-OH is 2. The first-order valence-corrected chi connectivity index (χ1v) is 41.6. The van der Waals surface area contributed by atoms with Gasteiger partial charge in [0.15, 0.2) is 0 Å². The molecule has 0 radical (unpaired) electrons. The quantitative estimate of drug-likeness (QED) is 0.0320. The Kier molecular flexibility index (Phi) is 78.3. The molecule has 1 amide bonds. The van der Waals surface area contributed by atoms with Crippen molar-refractivity contribution in [1.29, 1.82) is 0 Å². The number of hydrogen-bond acceptors (Lipinski definition) is 5. The van der Waals surface area contributed by atoms with Crippen molar-refractivity contribution in [2.75, 3.05) is 13.2 Å². The van der Waals surface area contributed by atoms with Crippen molar-refractivity contribution in [3.63, 3.8) is 0 Å². The Morgan fingerprint density at radius 3 is 0.789 bits per heavy atom. The van der Waals surface area contributed by atoms with E-state index in [9.17, 15) is 19.8 Å². The minimum atomic E-state index is -0.662. The number of allylic oxidation sites excluding steroid dienone is 4. The number of rotatable bonds is 79. The molecule has 2 atom stereocenters. The highest BCUT2D eigenvalue weighted by Gasteiger charge is 2.20. The monoisotopic (exact) mass is 1270 g/mol. The van der Waals surface area contributed by atoms with Gasteiger partial charge in [0.25, 0.3) is 0 Å². The van der Waals surface area contributed by atoms with Gasteiger partial charge in [0, 0.05) is 12.8 Å². The molecule has 0 saturated heterocycles. The van der Waals surface area contributed by atoms with Crippen molar-refractivity contribution in [2.45, 2.75) is 488 Å². The summed E-state index contributed by atoms with van der Waals surface area (Å²) in [6.07, 6.45) is 103. The number of carbonyl (C=O) groups excluding carboxylic acids is 2. The highest BCUT2D eigenvalue weighted by atomic mass is 16.5. The van der Waals surface area contributed by atoms with E-state index in [0.717, 1.165) is 38.5 Å². The molecule has 0 bridgehead atoms. The van der Waals surface area contributed by atoms with Crippen LogP contribution in [0.2, 0.25) is 0 Å². The molecule has 0 spiro atoms. The molecule has 0 saturated carbocycles. The lowest BCUT2D eigenvalue weighted by Crippen LogP contribution is -2.45. The summed E-state index contributed by atoms with van der Waals surface area (Å²) < 4.78 is 5.52. The van der Waals surface area contributed by atoms with Crippen molar-refractivity contribution in [2.24, 2.45) is 0 Å². The molecule has 0 heterocycles. The van der Waals surface area contributed by atoms with Crippen molar-refractivity contribution in [1.82, 2.24) is 5.32 Å². The minimum absolute atomic E-state index is 0.0209.